The summed E-state index contributed by atoms with van der Waals surface area (Å²) < 4.78 is 37.2. The third-order valence-electron chi connectivity index (χ3n) is 1.76. The number of ketones is 1. The molecule has 0 spiro atoms. The number of Topliss-reactive ketones (excluding diaryl/α,β-unsaturated/α-hetero) is 1. The fourth-order valence-electron chi connectivity index (χ4n) is 1.03. The number of hydrogen-bond acceptors (Lipinski definition) is 2. The van der Waals surface area contributed by atoms with Gasteiger partial charge in [0, 0.05) is 0 Å². The Hall–Kier alpha value is -1.52. The van der Waals surface area contributed by atoms with Crippen LogP contribution >= 0.6 is 0 Å². The second kappa shape index (κ2) is 3.69. The minimum Gasteiger partial charge on any atom is -0.504 e. The number of benzene rings is 1. The minimum absolute atomic E-state index is 0.299. The van der Waals surface area contributed by atoms with E-state index in [1.807, 2.05) is 0 Å². The third kappa shape index (κ3) is 1.71. The number of phenols is 1. The van der Waals surface area contributed by atoms with Gasteiger partial charge in [-0.25, -0.2) is 13.2 Å². The van der Waals surface area contributed by atoms with Crippen LogP contribution < -0.4 is 0 Å². The van der Waals surface area contributed by atoms with E-state index < -0.39 is 29.3 Å². The van der Waals surface area contributed by atoms with E-state index in [0.717, 1.165) is 19.1 Å². The number of phenolic OH excluding ortho intramolecular Hbond substituents is 1. The summed E-state index contributed by atoms with van der Waals surface area (Å²) in [5.74, 6) is -3.04. The quantitative estimate of drug-likeness (QED) is 0.752. The highest BCUT2D eigenvalue weighted by Crippen LogP contribution is 2.30. The van der Waals surface area contributed by atoms with Gasteiger partial charge in [0.15, 0.2) is 17.3 Å². The second-order valence-corrected chi connectivity index (χ2v) is 2.72. The lowest BCUT2D eigenvalue weighted by Gasteiger charge is -2.06. The standard InChI is InChI=1S/C9H7F3O2/c1-4(13)5-2-3-6(9(11)12)7(10)8(5)14/h2-3,9,14H,1H3. The van der Waals surface area contributed by atoms with E-state index >= 15 is 0 Å². The monoisotopic (exact) mass is 204 g/mol. The topological polar surface area (TPSA) is 37.3 Å². The van der Waals surface area contributed by atoms with Gasteiger partial charge in [0.05, 0.1) is 11.1 Å². The molecular weight excluding hydrogens is 197 g/mol. The van der Waals surface area contributed by atoms with Crippen LogP contribution in [0.2, 0.25) is 0 Å². The Morgan fingerprint density at radius 1 is 1.43 bits per heavy atom. The highest BCUT2D eigenvalue weighted by molar-refractivity contribution is 5.96. The molecule has 0 heterocycles. The summed E-state index contributed by atoms with van der Waals surface area (Å²) in [5.41, 5.74) is -1.21. The van der Waals surface area contributed by atoms with Crippen molar-refractivity contribution in [2.45, 2.75) is 13.3 Å². The van der Waals surface area contributed by atoms with Gasteiger partial charge in [-0.2, -0.15) is 0 Å². The summed E-state index contributed by atoms with van der Waals surface area (Å²) in [5, 5.41) is 9.07. The summed E-state index contributed by atoms with van der Waals surface area (Å²) >= 11 is 0. The van der Waals surface area contributed by atoms with Crippen molar-refractivity contribution in [3.8, 4) is 5.75 Å². The number of aromatic hydroxyl groups is 1. The summed E-state index contributed by atoms with van der Waals surface area (Å²) in [7, 11) is 0. The van der Waals surface area contributed by atoms with E-state index in [9.17, 15) is 18.0 Å². The first-order valence-corrected chi connectivity index (χ1v) is 3.75. The van der Waals surface area contributed by atoms with Gasteiger partial charge >= 0.3 is 0 Å². The van der Waals surface area contributed by atoms with Gasteiger partial charge < -0.3 is 5.11 Å². The highest BCUT2D eigenvalue weighted by atomic mass is 19.3. The van der Waals surface area contributed by atoms with Gasteiger partial charge in [-0.15, -0.1) is 0 Å². The Balaban J connectivity index is 3.33. The van der Waals surface area contributed by atoms with E-state index in [-0.39, 0.29) is 5.56 Å². The van der Waals surface area contributed by atoms with E-state index in [0.29, 0.717) is 0 Å². The van der Waals surface area contributed by atoms with Crippen molar-refractivity contribution in [3.63, 3.8) is 0 Å². The highest BCUT2D eigenvalue weighted by Gasteiger charge is 2.20. The fourth-order valence-corrected chi connectivity index (χ4v) is 1.03. The first-order chi connectivity index (χ1) is 6.45. The van der Waals surface area contributed by atoms with Gasteiger partial charge in [-0.05, 0) is 19.1 Å². The van der Waals surface area contributed by atoms with Gasteiger partial charge in [-0.1, -0.05) is 0 Å². The van der Waals surface area contributed by atoms with Crippen LogP contribution in [0, 0.1) is 5.82 Å². The van der Waals surface area contributed by atoms with E-state index in [1.165, 1.54) is 0 Å². The molecule has 0 saturated carbocycles. The second-order valence-electron chi connectivity index (χ2n) is 2.72. The molecule has 0 aromatic heterocycles. The summed E-state index contributed by atoms with van der Waals surface area (Å²) in [6, 6.07) is 1.76. The number of halogens is 3. The maximum Gasteiger partial charge on any atom is 0.266 e. The normalized spacial score (nSPS) is 10.6. The number of rotatable bonds is 2. The van der Waals surface area contributed by atoms with Crippen LogP contribution in [0.25, 0.3) is 0 Å². The van der Waals surface area contributed by atoms with Crippen LogP contribution in [0.4, 0.5) is 13.2 Å². The molecule has 0 amide bonds. The van der Waals surface area contributed by atoms with Crippen LogP contribution in [-0.4, -0.2) is 10.9 Å². The largest absolute Gasteiger partial charge is 0.504 e. The van der Waals surface area contributed by atoms with Crippen molar-refractivity contribution in [2.24, 2.45) is 0 Å². The smallest absolute Gasteiger partial charge is 0.266 e. The molecule has 14 heavy (non-hydrogen) atoms. The average Bonchev–Trinajstić information content (AvgIpc) is 2.08. The van der Waals surface area contributed by atoms with Crippen molar-refractivity contribution < 1.29 is 23.1 Å². The summed E-state index contributed by atoms with van der Waals surface area (Å²) in [4.78, 5) is 10.8. The molecule has 0 saturated heterocycles. The molecule has 2 nitrogen and oxygen atoms in total. The Kier molecular flexibility index (Phi) is 2.78. The molecule has 0 aliphatic heterocycles. The third-order valence-corrected chi connectivity index (χ3v) is 1.76. The van der Waals surface area contributed by atoms with Crippen LogP contribution in [0.1, 0.15) is 29.3 Å². The molecular formula is C9H7F3O2. The molecule has 1 aromatic carbocycles. The van der Waals surface area contributed by atoms with Crippen LogP contribution in [0.15, 0.2) is 12.1 Å². The van der Waals surface area contributed by atoms with Crippen molar-refractivity contribution in [1.82, 2.24) is 0 Å². The lowest BCUT2D eigenvalue weighted by atomic mass is 10.1. The van der Waals surface area contributed by atoms with Crippen LogP contribution in [0.5, 0.6) is 5.75 Å². The molecule has 0 aliphatic carbocycles. The summed E-state index contributed by atoms with van der Waals surface area (Å²) in [6.45, 7) is 1.11. The number of carbonyl (C=O) groups excluding carboxylic acids is 1. The fraction of sp³-hybridized carbons (Fsp3) is 0.222. The molecule has 1 rings (SSSR count). The maximum absolute atomic E-state index is 13.0. The predicted molar refractivity (Wildman–Crippen MR) is 43.0 cm³/mol. The Labute approximate surface area is 78.0 Å². The Morgan fingerprint density at radius 3 is 2.43 bits per heavy atom. The van der Waals surface area contributed by atoms with Gasteiger partial charge in [-0.3, -0.25) is 4.79 Å². The average molecular weight is 204 g/mol. The molecule has 1 aromatic rings. The van der Waals surface area contributed by atoms with Crippen molar-refractivity contribution >= 4 is 5.78 Å². The Morgan fingerprint density at radius 2 is 2.00 bits per heavy atom. The minimum atomic E-state index is -3.01. The molecule has 0 aliphatic rings. The molecule has 5 heteroatoms. The number of hydrogen-bond donors (Lipinski definition) is 1. The zero-order valence-corrected chi connectivity index (χ0v) is 7.22. The van der Waals surface area contributed by atoms with E-state index in [2.05, 4.69) is 0 Å². The van der Waals surface area contributed by atoms with Crippen molar-refractivity contribution in [2.75, 3.05) is 0 Å². The number of carbonyl (C=O) groups is 1. The van der Waals surface area contributed by atoms with Gasteiger partial charge in [0.25, 0.3) is 6.43 Å². The SMILES string of the molecule is CC(=O)c1ccc(C(F)F)c(F)c1O. The zero-order chi connectivity index (χ0) is 10.9. The first-order valence-electron chi connectivity index (χ1n) is 3.75. The Bertz CT molecular complexity index is 375. The lowest BCUT2D eigenvalue weighted by Crippen LogP contribution is -1.98. The molecule has 0 fully saturated rings. The maximum atomic E-state index is 13.0. The van der Waals surface area contributed by atoms with E-state index in [1.54, 1.807) is 0 Å². The van der Waals surface area contributed by atoms with Gasteiger partial charge in [0.2, 0.25) is 0 Å². The predicted octanol–water partition coefficient (Wildman–Crippen LogP) is 2.67. The van der Waals surface area contributed by atoms with Crippen LogP contribution in [-0.2, 0) is 0 Å². The molecule has 1 N–H and O–H groups in total. The van der Waals surface area contributed by atoms with Crippen LogP contribution in [0.3, 0.4) is 0 Å². The first kappa shape index (κ1) is 10.6. The molecule has 76 valence electrons. The number of alkyl halides is 2. The van der Waals surface area contributed by atoms with Crippen molar-refractivity contribution in [1.29, 1.82) is 0 Å². The lowest BCUT2D eigenvalue weighted by molar-refractivity contribution is 0.101. The molecule has 0 atom stereocenters. The molecule has 0 unspecified atom stereocenters. The van der Waals surface area contributed by atoms with E-state index in [4.69, 9.17) is 5.11 Å². The zero-order valence-electron chi connectivity index (χ0n) is 7.22. The molecule has 0 radical (unpaired) electrons. The van der Waals surface area contributed by atoms with Gasteiger partial charge in [0.1, 0.15) is 0 Å². The van der Waals surface area contributed by atoms with Crippen molar-refractivity contribution in [3.05, 3.63) is 29.1 Å². The summed E-state index contributed by atoms with van der Waals surface area (Å²) in [6.07, 6.45) is -3.01. The molecule has 0 bridgehead atoms.